The highest BCUT2D eigenvalue weighted by molar-refractivity contribution is 9.10. The molecular weight excluding hydrogens is 334 g/mol. The summed E-state index contributed by atoms with van der Waals surface area (Å²) in [6.07, 6.45) is 2.66. The van der Waals surface area contributed by atoms with Gasteiger partial charge in [0.15, 0.2) is 11.5 Å². The van der Waals surface area contributed by atoms with E-state index in [4.69, 9.17) is 19.9 Å². The quantitative estimate of drug-likeness (QED) is 0.732. The van der Waals surface area contributed by atoms with Crippen molar-refractivity contribution in [1.29, 1.82) is 0 Å². The van der Waals surface area contributed by atoms with Crippen LogP contribution in [0.2, 0.25) is 0 Å². The number of methoxy groups -OCH3 is 2. The van der Waals surface area contributed by atoms with Crippen molar-refractivity contribution in [3.63, 3.8) is 0 Å². The number of hydrogen-bond donors (Lipinski definition) is 1. The van der Waals surface area contributed by atoms with Crippen molar-refractivity contribution in [2.75, 3.05) is 20.8 Å². The Bertz CT molecular complexity index is 440. The lowest BCUT2D eigenvalue weighted by atomic mass is 10.0. The maximum absolute atomic E-state index is 6.02. The summed E-state index contributed by atoms with van der Waals surface area (Å²) in [5, 5.41) is 0. The molecule has 0 aliphatic rings. The second-order valence-electron chi connectivity index (χ2n) is 5.19. The third-order valence-corrected chi connectivity index (χ3v) is 3.95. The summed E-state index contributed by atoms with van der Waals surface area (Å²) >= 11 is 3.57. The molecule has 4 nitrogen and oxygen atoms in total. The summed E-state index contributed by atoms with van der Waals surface area (Å²) in [5.41, 5.74) is 7.16. The van der Waals surface area contributed by atoms with Crippen molar-refractivity contribution in [3.8, 4) is 11.5 Å². The van der Waals surface area contributed by atoms with E-state index in [1.807, 2.05) is 13.0 Å². The van der Waals surface area contributed by atoms with Crippen LogP contribution >= 0.6 is 15.9 Å². The number of ether oxygens (including phenoxy) is 3. The van der Waals surface area contributed by atoms with Crippen LogP contribution in [0.1, 0.15) is 32.3 Å². The van der Waals surface area contributed by atoms with Gasteiger partial charge in [-0.05, 0) is 53.4 Å². The van der Waals surface area contributed by atoms with Crippen LogP contribution in [0.3, 0.4) is 0 Å². The molecule has 0 fully saturated rings. The summed E-state index contributed by atoms with van der Waals surface area (Å²) in [6.45, 7) is 4.78. The Balaban J connectivity index is 2.89. The number of nitrogens with two attached hydrogens (primary N) is 1. The molecule has 0 saturated heterocycles. The average molecular weight is 360 g/mol. The van der Waals surface area contributed by atoms with Crippen LogP contribution in [-0.4, -0.2) is 33.0 Å². The van der Waals surface area contributed by atoms with E-state index >= 15 is 0 Å². The van der Waals surface area contributed by atoms with E-state index in [1.165, 1.54) is 0 Å². The molecule has 5 heteroatoms. The van der Waals surface area contributed by atoms with E-state index in [0.29, 0.717) is 6.61 Å². The van der Waals surface area contributed by atoms with Crippen LogP contribution in [0.15, 0.2) is 16.6 Å². The molecule has 120 valence electrons. The summed E-state index contributed by atoms with van der Waals surface area (Å²) in [7, 11) is 3.34. The normalized spacial score (nSPS) is 13.8. The highest BCUT2D eigenvalue weighted by atomic mass is 79.9. The lowest BCUT2D eigenvalue weighted by molar-refractivity contribution is 0.132. The van der Waals surface area contributed by atoms with Gasteiger partial charge in [0.25, 0.3) is 0 Å². The van der Waals surface area contributed by atoms with Gasteiger partial charge >= 0.3 is 0 Å². The molecule has 0 aliphatic heterocycles. The highest BCUT2D eigenvalue weighted by Gasteiger charge is 2.15. The minimum absolute atomic E-state index is 0.0545. The molecule has 21 heavy (non-hydrogen) atoms. The minimum atomic E-state index is 0.0545. The topological polar surface area (TPSA) is 53.7 Å². The fourth-order valence-corrected chi connectivity index (χ4v) is 2.58. The first-order valence-electron chi connectivity index (χ1n) is 7.29. The van der Waals surface area contributed by atoms with E-state index in [-0.39, 0.29) is 12.1 Å². The molecule has 2 unspecified atom stereocenters. The second kappa shape index (κ2) is 9.28. The van der Waals surface area contributed by atoms with Gasteiger partial charge in [0, 0.05) is 26.2 Å². The Hall–Kier alpha value is -0.780. The van der Waals surface area contributed by atoms with E-state index < -0.39 is 0 Å². The van der Waals surface area contributed by atoms with Crippen LogP contribution in [0.5, 0.6) is 11.5 Å². The molecule has 1 aromatic rings. The molecule has 0 spiro atoms. The number of rotatable bonds is 9. The molecule has 0 radical (unpaired) electrons. The predicted octanol–water partition coefficient (Wildman–Crippen LogP) is 3.54. The second-order valence-corrected chi connectivity index (χ2v) is 6.05. The lowest BCUT2D eigenvalue weighted by Crippen LogP contribution is -2.21. The van der Waals surface area contributed by atoms with E-state index in [2.05, 4.69) is 28.9 Å². The fourth-order valence-electron chi connectivity index (χ4n) is 2.00. The molecule has 0 saturated carbocycles. The average Bonchev–Trinajstić information content (AvgIpc) is 2.47. The lowest BCUT2D eigenvalue weighted by Gasteiger charge is -2.19. The van der Waals surface area contributed by atoms with Gasteiger partial charge in [0.2, 0.25) is 0 Å². The van der Waals surface area contributed by atoms with Crippen molar-refractivity contribution in [2.45, 2.75) is 45.3 Å². The van der Waals surface area contributed by atoms with Gasteiger partial charge in [0.1, 0.15) is 0 Å². The Morgan fingerprint density at radius 1 is 1.29 bits per heavy atom. The zero-order valence-corrected chi connectivity index (χ0v) is 14.9. The number of halogens is 1. The summed E-state index contributed by atoms with van der Waals surface area (Å²) in [4.78, 5) is 0. The molecule has 0 amide bonds. The monoisotopic (exact) mass is 359 g/mol. The van der Waals surface area contributed by atoms with Crippen LogP contribution in [0.4, 0.5) is 0 Å². The third kappa shape index (κ3) is 5.85. The van der Waals surface area contributed by atoms with Gasteiger partial charge < -0.3 is 19.9 Å². The third-order valence-electron chi connectivity index (χ3n) is 3.36. The van der Waals surface area contributed by atoms with Gasteiger partial charge in [-0.15, -0.1) is 0 Å². The van der Waals surface area contributed by atoms with Gasteiger partial charge in [-0.3, -0.25) is 0 Å². The molecule has 2 N–H and O–H groups in total. The molecule has 1 rings (SSSR count). The first-order valence-corrected chi connectivity index (χ1v) is 8.08. The van der Waals surface area contributed by atoms with Crippen molar-refractivity contribution in [2.24, 2.45) is 5.73 Å². The zero-order valence-electron chi connectivity index (χ0n) is 13.3. The molecule has 0 aliphatic carbocycles. The molecule has 0 bridgehead atoms. The zero-order chi connectivity index (χ0) is 15.8. The fraction of sp³-hybridized carbons (Fsp3) is 0.625. The predicted molar refractivity (Wildman–Crippen MR) is 89.2 cm³/mol. The van der Waals surface area contributed by atoms with Crippen molar-refractivity contribution in [3.05, 3.63) is 22.2 Å². The van der Waals surface area contributed by atoms with Gasteiger partial charge in [0.05, 0.1) is 17.7 Å². The summed E-state index contributed by atoms with van der Waals surface area (Å²) in [6, 6.07) is 4.21. The van der Waals surface area contributed by atoms with Crippen LogP contribution in [0, 0.1) is 0 Å². The molecule has 1 aromatic carbocycles. The van der Waals surface area contributed by atoms with Crippen molar-refractivity contribution >= 4 is 15.9 Å². The maximum Gasteiger partial charge on any atom is 0.175 e. The number of hydrogen-bond acceptors (Lipinski definition) is 4. The van der Waals surface area contributed by atoms with Gasteiger partial charge in [-0.2, -0.15) is 0 Å². The minimum Gasteiger partial charge on any atom is -0.493 e. The molecule has 0 aromatic heterocycles. The SMILES string of the molecule is CCC(N)Cc1cc(Br)c(OC(C)CCOC)c(OC)c1. The smallest absolute Gasteiger partial charge is 0.175 e. The largest absolute Gasteiger partial charge is 0.493 e. The molecular formula is C16H26BrNO3. The Kier molecular flexibility index (Phi) is 8.07. The van der Waals surface area contributed by atoms with Crippen LogP contribution in [-0.2, 0) is 11.2 Å². The Morgan fingerprint density at radius 2 is 2.00 bits per heavy atom. The van der Waals surface area contributed by atoms with Crippen molar-refractivity contribution in [1.82, 2.24) is 0 Å². The summed E-state index contributed by atoms with van der Waals surface area (Å²) in [5.74, 6) is 1.46. The molecule has 0 heterocycles. The van der Waals surface area contributed by atoms with Gasteiger partial charge in [-0.25, -0.2) is 0 Å². The Morgan fingerprint density at radius 3 is 2.57 bits per heavy atom. The Labute approximate surface area is 136 Å². The van der Waals surface area contributed by atoms with Crippen LogP contribution in [0.25, 0.3) is 0 Å². The van der Waals surface area contributed by atoms with E-state index in [1.54, 1.807) is 14.2 Å². The standard InChI is InChI=1S/C16H26BrNO3/c1-5-13(18)8-12-9-14(17)16(15(10-12)20-4)21-11(2)6-7-19-3/h9-11,13H,5-8,18H2,1-4H3. The molecule has 2 atom stereocenters. The first kappa shape index (κ1) is 18.3. The van der Waals surface area contributed by atoms with Gasteiger partial charge in [-0.1, -0.05) is 6.92 Å². The first-order chi connectivity index (χ1) is 10.0. The summed E-state index contributed by atoms with van der Waals surface area (Å²) < 4.78 is 17.4. The van der Waals surface area contributed by atoms with Crippen molar-refractivity contribution < 1.29 is 14.2 Å². The van der Waals surface area contributed by atoms with Crippen LogP contribution < -0.4 is 15.2 Å². The van der Waals surface area contributed by atoms with E-state index in [9.17, 15) is 0 Å². The number of benzene rings is 1. The highest BCUT2D eigenvalue weighted by Crippen LogP contribution is 2.37. The van der Waals surface area contributed by atoms with E-state index in [0.717, 1.165) is 40.8 Å². The maximum atomic E-state index is 6.02.